The Labute approximate surface area is 600 Å². The minimum Gasteiger partial charge on any atom is -0.394 e. The zero-order valence-electron chi connectivity index (χ0n) is 62.5. The predicted octanol–water partition coefficient (Wildman–Crippen LogP) is 13.7. The standard InChI is InChI=1S/C80H151NO18/c1-3-5-7-9-11-13-15-17-19-21-23-24-25-26-27-28-29-30-31-32-33-34-35-36-37-38-40-42-44-46-48-50-52-54-56-58-68(86)81-63(64(85)57-55-53-51-49-47-45-43-41-39-22-20-18-16-14-12-10-8-6-4-2)62-94-78-74(92)71(89)76(66(60-83)96-78)99-80-75(93)72(90)77(67(61-84)97-80)98-79-73(91)70(88)69(87)65(59-82)95-79/h47,49,55,57,63-67,69-80,82-85,87-93H,3-46,48,50-54,56,58-62H2,1-2H3,(H,81,86)/b49-47+,57-55+. The van der Waals surface area contributed by atoms with Crippen LogP contribution in [0.4, 0.5) is 0 Å². The van der Waals surface area contributed by atoms with Gasteiger partial charge in [0.25, 0.3) is 0 Å². The molecule has 0 aromatic carbocycles. The van der Waals surface area contributed by atoms with Crippen molar-refractivity contribution in [2.45, 2.75) is 452 Å². The first kappa shape index (κ1) is 91.5. The van der Waals surface area contributed by atoms with Crippen molar-refractivity contribution in [3.63, 3.8) is 0 Å². The lowest BCUT2D eigenvalue weighted by Crippen LogP contribution is -2.66. The Hall–Kier alpha value is -1.73. The van der Waals surface area contributed by atoms with Crippen LogP contribution in [-0.2, 0) is 33.2 Å². The third-order valence-electron chi connectivity index (χ3n) is 20.8. The molecule has 0 aliphatic carbocycles. The minimum absolute atomic E-state index is 0.241. The summed E-state index contributed by atoms with van der Waals surface area (Å²) >= 11 is 0. The zero-order chi connectivity index (χ0) is 71.8. The Morgan fingerprint density at radius 3 is 1.01 bits per heavy atom. The highest BCUT2D eigenvalue weighted by Crippen LogP contribution is 2.33. The number of nitrogens with one attached hydrogen (secondary N) is 1. The van der Waals surface area contributed by atoms with E-state index in [4.69, 9.17) is 28.4 Å². The van der Waals surface area contributed by atoms with E-state index in [1.54, 1.807) is 6.08 Å². The van der Waals surface area contributed by atoms with Crippen LogP contribution in [-0.4, -0.2) is 193 Å². The van der Waals surface area contributed by atoms with Gasteiger partial charge in [0, 0.05) is 6.42 Å². The van der Waals surface area contributed by atoms with Gasteiger partial charge in [0.2, 0.25) is 5.91 Å². The second-order valence-corrected chi connectivity index (χ2v) is 29.6. The third kappa shape index (κ3) is 41.7. The van der Waals surface area contributed by atoms with E-state index >= 15 is 0 Å². The number of rotatable bonds is 66. The summed E-state index contributed by atoms with van der Waals surface area (Å²) in [4.78, 5) is 13.5. The van der Waals surface area contributed by atoms with Crippen LogP contribution in [0, 0.1) is 0 Å². The van der Waals surface area contributed by atoms with E-state index in [1.807, 2.05) is 6.08 Å². The fourth-order valence-corrected chi connectivity index (χ4v) is 14.2. The van der Waals surface area contributed by atoms with Crippen LogP contribution in [0.25, 0.3) is 0 Å². The second kappa shape index (κ2) is 61.4. The molecule has 3 saturated heterocycles. The van der Waals surface area contributed by atoms with Crippen LogP contribution in [0.1, 0.15) is 348 Å². The minimum atomic E-state index is -1.98. The zero-order valence-corrected chi connectivity index (χ0v) is 62.5. The molecule has 12 N–H and O–H groups in total. The predicted molar refractivity (Wildman–Crippen MR) is 393 cm³/mol. The maximum Gasteiger partial charge on any atom is 0.220 e. The Kier molecular flexibility index (Phi) is 56.8. The molecule has 0 spiro atoms. The average molecular weight is 1420 g/mol. The number of amides is 1. The number of aliphatic hydroxyl groups is 11. The lowest BCUT2D eigenvalue weighted by Gasteiger charge is -2.48. The molecule has 0 radical (unpaired) electrons. The number of unbranched alkanes of at least 4 members (excludes halogenated alkanes) is 48. The molecule has 3 rings (SSSR count). The van der Waals surface area contributed by atoms with E-state index in [-0.39, 0.29) is 18.9 Å². The highest BCUT2D eigenvalue weighted by molar-refractivity contribution is 5.76. The first-order valence-electron chi connectivity index (χ1n) is 41.1. The molecule has 584 valence electrons. The number of carbonyl (C=O) groups is 1. The van der Waals surface area contributed by atoms with Gasteiger partial charge in [0.05, 0.1) is 38.6 Å². The van der Waals surface area contributed by atoms with Crippen molar-refractivity contribution in [2.24, 2.45) is 0 Å². The molecule has 17 unspecified atom stereocenters. The molecular formula is C80H151NO18. The van der Waals surface area contributed by atoms with E-state index in [2.05, 4.69) is 31.3 Å². The highest BCUT2D eigenvalue weighted by atomic mass is 16.8. The Bertz CT molecular complexity index is 1880. The van der Waals surface area contributed by atoms with Crippen LogP contribution >= 0.6 is 0 Å². The molecule has 3 fully saturated rings. The van der Waals surface area contributed by atoms with Crippen molar-refractivity contribution < 1.29 is 89.4 Å². The average Bonchev–Trinajstić information content (AvgIpc) is 0.788. The van der Waals surface area contributed by atoms with Gasteiger partial charge in [-0.15, -0.1) is 0 Å². The van der Waals surface area contributed by atoms with E-state index < -0.39 is 124 Å². The lowest BCUT2D eigenvalue weighted by atomic mass is 9.96. The first-order valence-corrected chi connectivity index (χ1v) is 41.1. The molecule has 0 bridgehead atoms. The molecule has 3 heterocycles. The van der Waals surface area contributed by atoms with E-state index in [1.165, 1.54) is 276 Å². The van der Waals surface area contributed by atoms with Gasteiger partial charge in [-0.25, -0.2) is 0 Å². The molecular weight excluding hydrogens is 1260 g/mol. The summed E-state index contributed by atoms with van der Waals surface area (Å²) in [6.45, 7) is 1.77. The Balaban J connectivity index is 1.33. The van der Waals surface area contributed by atoms with Gasteiger partial charge < -0.3 is 89.9 Å². The fourth-order valence-electron chi connectivity index (χ4n) is 14.2. The normalized spacial score (nSPS) is 26.7. The van der Waals surface area contributed by atoms with Crippen molar-refractivity contribution in [1.82, 2.24) is 5.32 Å². The van der Waals surface area contributed by atoms with Crippen LogP contribution in [0.2, 0.25) is 0 Å². The molecule has 17 atom stereocenters. The number of hydrogen-bond donors (Lipinski definition) is 12. The molecule has 19 heteroatoms. The summed E-state index contributed by atoms with van der Waals surface area (Å²) in [5.74, 6) is -0.278. The SMILES string of the molecule is CCCCCCCCCCCCCCC/C=C/CC/C=C/C(O)C(COC1OC(CO)C(OC2OC(CO)C(OC3OC(CO)C(O)C(O)C3O)C(O)C2O)C(O)C1O)NC(=O)CCCCCCCCCCCCCCCCCCCCCCCCCCCCCCCCCCCCC. The monoisotopic (exact) mass is 1410 g/mol. The fraction of sp³-hybridized carbons (Fsp3) is 0.938. The van der Waals surface area contributed by atoms with Crippen LogP contribution in [0.15, 0.2) is 24.3 Å². The van der Waals surface area contributed by atoms with Gasteiger partial charge >= 0.3 is 0 Å². The number of allylic oxidation sites excluding steroid dienone is 3. The quantitative estimate of drug-likeness (QED) is 0.0199. The number of carbonyl (C=O) groups excluding carboxylic acids is 1. The van der Waals surface area contributed by atoms with Gasteiger partial charge in [-0.1, -0.05) is 334 Å². The summed E-state index contributed by atoms with van der Waals surface area (Å²) in [7, 11) is 0. The van der Waals surface area contributed by atoms with E-state index in [0.29, 0.717) is 12.8 Å². The number of aliphatic hydroxyl groups excluding tert-OH is 11. The molecule has 0 saturated carbocycles. The molecule has 3 aliphatic rings. The molecule has 0 aromatic heterocycles. The van der Waals surface area contributed by atoms with E-state index in [9.17, 15) is 61.0 Å². The highest BCUT2D eigenvalue weighted by Gasteiger charge is 2.54. The second-order valence-electron chi connectivity index (χ2n) is 29.6. The lowest BCUT2D eigenvalue weighted by molar-refractivity contribution is -0.379. The number of ether oxygens (including phenoxy) is 6. The van der Waals surface area contributed by atoms with Gasteiger partial charge in [0.15, 0.2) is 18.9 Å². The van der Waals surface area contributed by atoms with Crippen molar-refractivity contribution in [2.75, 3.05) is 26.4 Å². The molecule has 3 aliphatic heterocycles. The molecule has 99 heavy (non-hydrogen) atoms. The largest absolute Gasteiger partial charge is 0.394 e. The first-order chi connectivity index (χ1) is 48.3. The van der Waals surface area contributed by atoms with Crippen molar-refractivity contribution in [3.8, 4) is 0 Å². The van der Waals surface area contributed by atoms with Crippen molar-refractivity contribution in [3.05, 3.63) is 24.3 Å². The molecule has 1 amide bonds. The van der Waals surface area contributed by atoms with Crippen LogP contribution < -0.4 is 5.32 Å². The summed E-state index contributed by atoms with van der Waals surface area (Å²) < 4.78 is 34.4. The Morgan fingerprint density at radius 2 is 0.646 bits per heavy atom. The maximum atomic E-state index is 13.5. The van der Waals surface area contributed by atoms with E-state index in [0.717, 1.165) is 38.5 Å². The van der Waals surface area contributed by atoms with Gasteiger partial charge in [-0.05, 0) is 32.1 Å². The maximum absolute atomic E-state index is 13.5. The molecule has 0 aromatic rings. The smallest absolute Gasteiger partial charge is 0.220 e. The van der Waals surface area contributed by atoms with Gasteiger partial charge in [0.1, 0.15) is 73.2 Å². The van der Waals surface area contributed by atoms with Crippen LogP contribution in [0.5, 0.6) is 0 Å². The van der Waals surface area contributed by atoms with Crippen molar-refractivity contribution in [1.29, 1.82) is 0 Å². The van der Waals surface area contributed by atoms with Crippen LogP contribution in [0.3, 0.4) is 0 Å². The summed E-state index contributed by atoms with van der Waals surface area (Å²) in [5, 5.41) is 121. The topological polar surface area (TPSA) is 307 Å². The number of hydrogen-bond acceptors (Lipinski definition) is 18. The summed E-state index contributed by atoms with van der Waals surface area (Å²) in [5.41, 5.74) is 0. The van der Waals surface area contributed by atoms with Gasteiger partial charge in [-0.2, -0.15) is 0 Å². The summed E-state index contributed by atoms with van der Waals surface area (Å²) in [6.07, 6.45) is 47.6. The summed E-state index contributed by atoms with van der Waals surface area (Å²) in [6, 6.07) is -0.988. The van der Waals surface area contributed by atoms with Crippen molar-refractivity contribution >= 4 is 5.91 Å². The third-order valence-corrected chi connectivity index (χ3v) is 20.8. The Morgan fingerprint density at radius 1 is 0.354 bits per heavy atom. The van der Waals surface area contributed by atoms with Gasteiger partial charge in [-0.3, -0.25) is 4.79 Å². The molecule has 19 nitrogen and oxygen atoms in total.